The van der Waals surface area contributed by atoms with Crippen LogP contribution in [0.4, 0.5) is 4.39 Å². The van der Waals surface area contributed by atoms with E-state index >= 15 is 0 Å². The van der Waals surface area contributed by atoms with Gasteiger partial charge in [0.1, 0.15) is 17.3 Å². The van der Waals surface area contributed by atoms with Crippen molar-refractivity contribution in [3.8, 4) is 11.5 Å². The molecule has 0 unspecified atom stereocenters. The summed E-state index contributed by atoms with van der Waals surface area (Å²) in [6, 6.07) is 10.8. The van der Waals surface area contributed by atoms with Gasteiger partial charge in [0.25, 0.3) is 0 Å². The molecule has 1 N–H and O–H groups in total. The van der Waals surface area contributed by atoms with Crippen LogP contribution >= 0.6 is 31.9 Å². The van der Waals surface area contributed by atoms with E-state index in [1.807, 2.05) is 18.2 Å². The number of hydrogen-bond acceptors (Lipinski definition) is 2. The smallest absolute Gasteiger partial charge is 0.141 e. The zero-order valence-corrected chi connectivity index (χ0v) is 15.0. The molecule has 0 aliphatic rings. The molecule has 0 fully saturated rings. The van der Waals surface area contributed by atoms with E-state index in [4.69, 9.17) is 4.74 Å². The molecular weight excluding hydrogens is 401 g/mol. The molecule has 0 aliphatic heterocycles. The van der Waals surface area contributed by atoms with Gasteiger partial charge in [-0.25, -0.2) is 4.39 Å². The Kier molecular flexibility index (Phi) is 5.79. The summed E-state index contributed by atoms with van der Waals surface area (Å²) in [7, 11) is 0. The Labute approximate surface area is 141 Å². The Hall–Kier alpha value is -0.910. The molecule has 0 aliphatic carbocycles. The van der Waals surface area contributed by atoms with Crippen LogP contribution in [0.2, 0.25) is 0 Å². The standard InChI is InChI=1S/C16H16Br2FNO/c1-10(2)20-9-11-3-4-16(15(18)5-11)21-14-7-12(17)6-13(19)8-14/h3-8,10,20H,9H2,1-2H3. The highest BCUT2D eigenvalue weighted by atomic mass is 79.9. The first kappa shape index (κ1) is 16.5. The van der Waals surface area contributed by atoms with Gasteiger partial charge >= 0.3 is 0 Å². The van der Waals surface area contributed by atoms with E-state index in [0.29, 0.717) is 22.0 Å². The van der Waals surface area contributed by atoms with Crippen molar-refractivity contribution in [3.63, 3.8) is 0 Å². The Morgan fingerprint density at radius 2 is 1.90 bits per heavy atom. The highest BCUT2D eigenvalue weighted by molar-refractivity contribution is 9.10. The van der Waals surface area contributed by atoms with Gasteiger partial charge in [-0.05, 0) is 45.8 Å². The highest BCUT2D eigenvalue weighted by Gasteiger charge is 2.07. The van der Waals surface area contributed by atoms with Crippen LogP contribution in [0.1, 0.15) is 19.4 Å². The first-order chi connectivity index (χ1) is 9.94. The van der Waals surface area contributed by atoms with Gasteiger partial charge in [0.05, 0.1) is 4.47 Å². The Morgan fingerprint density at radius 3 is 2.52 bits per heavy atom. The molecule has 2 rings (SSSR count). The largest absolute Gasteiger partial charge is 0.456 e. The number of hydrogen-bond donors (Lipinski definition) is 1. The summed E-state index contributed by atoms with van der Waals surface area (Å²) < 4.78 is 20.5. The molecule has 5 heteroatoms. The van der Waals surface area contributed by atoms with E-state index in [0.717, 1.165) is 16.6 Å². The van der Waals surface area contributed by atoms with E-state index in [1.54, 1.807) is 6.07 Å². The molecule has 0 saturated carbocycles. The van der Waals surface area contributed by atoms with Gasteiger partial charge in [-0.3, -0.25) is 0 Å². The minimum absolute atomic E-state index is 0.340. The summed E-state index contributed by atoms with van der Waals surface area (Å²) in [5.74, 6) is 0.768. The van der Waals surface area contributed by atoms with Crippen molar-refractivity contribution in [1.29, 1.82) is 0 Å². The lowest BCUT2D eigenvalue weighted by molar-refractivity contribution is 0.473. The molecule has 0 radical (unpaired) electrons. The first-order valence-electron chi connectivity index (χ1n) is 6.60. The second-order valence-electron chi connectivity index (χ2n) is 5.01. The first-order valence-corrected chi connectivity index (χ1v) is 8.18. The van der Waals surface area contributed by atoms with E-state index in [-0.39, 0.29) is 5.82 Å². The number of ether oxygens (including phenoxy) is 1. The molecule has 0 heterocycles. The van der Waals surface area contributed by atoms with Crippen molar-refractivity contribution in [3.05, 3.63) is 56.7 Å². The average molecular weight is 417 g/mol. The van der Waals surface area contributed by atoms with E-state index in [9.17, 15) is 4.39 Å². The maximum Gasteiger partial charge on any atom is 0.141 e. The second kappa shape index (κ2) is 7.38. The van der Waals surface area contributed by atoms with Crippen LogP contribution in [0, 0.1) is 5.82 Å². The fraction of sp³-hybridized carbons (Fsp3) is 0.250. The predicted molar refractivity (Wildman–Crippen MR) is 90.3 cm³/mol. The number of rotatable bonds is 5. The van der Waals surface area contributed by atoms with Crippen molar-refractivity contribution in [2.75, 3.05) is 0 Å². The van der Waals surface area contributed by atoms with Gasteiger partial charge in [-0.15, -0.1) is 0 Å². The average Bonchev–Trinajstić information content (AvgIpc) is 2.38. The molecule has 2 nitrogen and oxygen atoms in total. The third-order valence-electron chi connectivity index (χ3n) is 2.77. The third-order valence-corrected chi connectivity index (χ3v) is 3.85. The van der Waals surface area contributed by atoms with Crippen molar-refractivity contribution in [2.45, 2.75) is 26.4 Å². The Balaban J connectivity index is 2.13. The van der Waals surface area contributed by atoms with Crippen LogP contribution in [0.5, 0.6) is 11.5 Å². The molecule has 0 amide bonds. The third kappa shape index (κ3) is 5.09. The zero-order chi connectivity index (χ0) is 15.4. The maximum absolute atomic E-state index is 13.3. The summed E-state index contributed by atoms with van der Waals surface area (Å²) in [4.78, 5) is 0. The Morgan fingerprint density at radius 1 is 1.14 bits per heavy atom. The SMILES string of the molecule is CC(C)NCc1ccc(Oc2cc(F)cc(Br)c2)c(Br)c1. The normalized spacial score (nSPS) is 11.0. The lowest BCUT2D eigenvalue weighted by Crippen LogP contribution is -2.21. The van der Waals surface area contributed by atoms with Crippen molar-refractivity contribution >= 4 is 31.9 Å². The van der Waals surface area contributed by atoms with Gasteiger partial charge in [0.2, 0.25) is 0 Å². The van der Waals surface area contributed by atoms with Gasteiger partial charge in [0, 0.05) is 23.1 Å². The zero-order valence-electron chi connectivity index (χ0n) is 11.8. The van der Waals surface area contributed by atoms with Gasteiger partial charge < -0.3 is 10.1 Å². The molecular formula is C16H16Br2FNO. The van der Waals surface area contributed by atoms with Crippen LogP contribution in [0.25, 0.3) is 0 Å². The van der Waals surface area contributed by atoms with Crippen molar-refractivity contribution in [2.24, 2.45) is 0 Å². The Bertz CT molecular complexity index is 611. The van der Waals surface area contributed by atoms with Gasteiger partial charge in [-0.2, -0.15) is 0 Å². The molecule has 0 aromatic heterocycles. The maximum atomic E-state index is 13.3. The summed E-state index contributed by atoms with van der Waals surface area (Å²) in [5.41, 5.74) is 1.16. The number of halogens is 3. The van der Waals surface area contributed by atoms with Crippen LogP contribution in [-0.2, 0) is 6.54 Å². The summed E-state index contributed by atoms with van der Waals surface area (Å²) in [6.45, 7) is 5.00. The summed E-state index contributed by atoms with van der Waals surface area (Å²) in [6.07, 6.45) is 0. The van der Waals surface area contributed by atoms with Crippen molar-refractivity contribution < 1.29 is 9.13 Å². The number of benzene rings is 2. The lowest BCUT2D eigenvalue weighted by atomic mass is 10.2. The molecule has 0 bridgehead atoms. The topological polar surface area (TPSA) is 21.3 Å². The van der Waals surface area contributed by atoms with E-state index in [1.165, 1.54) is 12.1 Å². The summed E-state index contributed by atoms with van der Waals surface area (Å²) in [5, 5.41) is 3.36. The minimum atomic E-state index is -0.340. The highest BCUT2D eigenvalue weighted by Crippen LogP contribution is 2.32. The lowest BCUT2D eigenvalue weighted by Gasteiger charge is -2.12. The fourth-order valence-corrected chi connectivity index (χ4v) is 2.72. The molecule has 0 saturated heterocycles. The van der Waals surface area contributed by atoms with E-state index < -0.39 is 0 Å². The second-order valence-corrected chi connectivity index (χ2v) is 6.78. The van der Waals surface area contributed by atoms with Crippen LogP contribution in [0.15, 0.2) is 45.3 Å². The molecule has 0 spiro atoms. The van der Waals surface area contributed by atoms with Gasteiger partial charge in [-0.1, -0.05) is 35.8 Å². The van der Waals surface area contributed by atoms with Gasteiger partial charge in [0.15, 0.2) is 0 Å². The molecule has 112 valence electrons. The molecule has 2 aromatic rings. The quantitative estimate of drug-likeness (QED) is 0.680. The number of nitrogens with one attached hydrogen (secondary N) is 1. The minimum Gasteiger partial charge on any atom is -0.456 e. The summed E-state index contributed by atoms with van der Waals surface area (Å²) >= 11 is 6.74. The predicted octanol–water partition coefficient (Wildman–Crippen LogP) is 5.64. The molecule has 21 heavy (non-hydrogen) atoms. The van der Waals surface area contributed by atoms with Crippen LogP contribution < -0.4 is 10.1 Å². The molecule has 2 aromatic carbocycles. The van der Waals surface area contributed by atoms with Crippen LogP contribution in [0.3, 0.4) is 0 Å². The van der Waals surface area contributed by atoms with Crippen molar-refractivity contribution in [1.82, 2.24) is 5.32 Å². The van der Waals surface area contributed by atoms with Crippen LogP contribution in [-0.4, -0.2) is 6.04 Å². The molecule has 0 atom stereocenters. The monoisotopic (exact) mass is 415 g/mol. The fourth-order valence-electron chi connectivity index (χ4n) is 1.77. The van der Waals surface area contributed by atoms with E-state index in [2.05, 4.69) is 51.0 Å².